The molecule has 0 radical (unpaired) electrons. The quantitative estimate of drug-likeness (QED) is 0.905. The summed E-state index contributed by atoms with van der Waals surface area (Å²) in [6.45, 7) is 5.72. The zero-order valence-corrected chi connectivity index (χ0v) is 14.7. The van der Waals surface area contributed by atoms with Gasteiger partial charge in [-0.25, -0.2) is 4.39 Å². The molecule has 2 atom stereocenters. The fraction of sp³-hybridized carbons (Fsp3) is 0.526. The molecule has 2 fully saturated rings. The van der Waals surface area contributed by atoms with Crippen LogP contribution in [-0.4, -0.2) is 66.6 Å². The molecule has 4 rings (SSSR count). The van der Waals surface area contributed by atoms with Crippen LogP contribution in [0.15, 0.2) is 18.2 Å². The van der Waals surface area contributed by atoms with Gasteiger partial charge in [0.2, 0.25) is 5.91 Å². The Kier molecular flexibility index (Phi) is 4.25. The summed E-state index contributed by atoms with van der Waals surface area (Å²) in [4.78, 5) is 20.5. The average Bonchev–Trinajstić information content (AvgIpc) is 2.69. The van der Waals surface area contributed by atoms with E-state index in [1.807, 2.05) is 11.8 Å². The SMILES string of the molecule is Cc1[nH]c2ccc(F)cc2c1CC(=O)N1C[C@@H]2COC[C@H](C1)N(C)C2. The Bertz CT molecular complexity index is 803. The van der Waals surface area contributed by atoms with Gasteiger partial charge in [0, 0.05) is 42.1 Å². The van der Waals surface area contributed by atoms with Gasteiger partial charge in [-0.15, -0.1) is 0 Å². The van der Waals surface area contributed by atoms with Crippen LogP contribution in [0.1, 0.15) is 11.3 Å². The highest BCUT2D eigenvalue weighted by Gasteiger charge is 2.33. The fourth-order valence-electron chi connectivity index (χ4n) is 4.10. The van der Waals surface area contributed by atoms with Gasteiger partial charge in [0.1, 0.15) is 5.82 Å². The maximum absolute atomic E-state index is 13.6. The number of amides is 1. The Labute approximate surface area is 146 Å². The number of ether oxygens (including phenoxy) is 1. The molecule has 0 saturated carbocycles. The van der Waals surface area contributed by atoms with Crippen molar-refractivity contribution in [3.8, 4) is 0 Å². The Balaban J connectivity index is 1.58. The lowest BCUT2D eigenvalue weighted by Crippen LogP contribution is -2.45. The maximum Gasteiger partial charge on any atom is 0.227 e. The number of fused-ring (bicyclic) bond motifs is 4. The zero-order valence-electron chi connectivity index (χ0n) is 14.7. The molecular weight excluding hydrogens is 321 g/mol. The van der Waals surface area contributed by atoms with E-state index >= 15 is 0 Å². The molecule has 134 valence electrons. The summed E-state index contributed by atoms with van der Waals surface area (Å²) in [5.41, 5.74) is 2.71. The molecule has 1 aromatic heterocycles. The number of rotatable bonds is 2. The Morgan fingerprint density at radius 1 is 1.32 bits per heavy atom. The first-order chi connectivity index (χ1) is 12.0. The van der Waals surface area contributed by atoms with Gasteiger partial charge < -0.3 is 14.6 Å². The van der Waals surface area contributed by atoms with Gasteiger partial charge >= 0.3 is 0 Å². The molecule has 1 N–H and O–H groups in total. The number of aromatic nitrogens is 1. The summed E-state index contributed by atoms with van der Waals surface area (Å²) in [7, 11) is 2.10. The first-order valence-corrected chi connectivity index (χ1v) is 8.83. The van der Waals surface area contributed by atoms with Gasteiger partial charge in [-0.3, -0.25) is 9.69 Å². The van der Waals surface area contributed by atoms with Crippen LogP contribution in [0.4, 0.5) is 4.39 Å². The molecule has 2 aliphatic rings. The molecule has 2 aliphatic heterocycles. The number of aromatic amines is 1. The summed E-state index contributed by atoms with van der Waals surface area (Å²) in [6.07, 6.45) is 0.305. The second-order valence-electron chi connectivity index (χ2n) is 7.39. The highest BCUT2D eigenvalue weighted by atomic mass is 19.1. The van der Waals surface area contributed by atoms with Crippen molar-refractivity contribution in [2.45, 2.75) is 19.4 Å². The lowest BCUT2D eigenvalue weighted by molar-refractivity contribution is -0.132. The smallest absolute Gasteiger partial charge is 0.227 e. The minimum absolute atomic E-state index is 0.112. The monoisotopic (exact) mass is 345 g/mol. The summed E-state index contributed by atoms with van der Waals surface area (Å²) < 4.78 is 19.4. The van der Waals surface area contributed by atoms with Gasteiger partial charge in [0.05, 0.1) is 25.7 Å². The number of hydrogen-bond donors (Lipinski definition) is 1. The van der Waals surface area contributed by atoms with Crippen molar-refractivity contribution in [1.29, 1.82) is 0 Å². The van der Waals surface area contributed by atoms with Crippen molar-refractivity contribution in [3.05, 3.63) is 35.3 Å². The van der Waals surface area contributed by atoms with Gasteiger partial charge in [0.15, 0.2) is 0 Å². The van der Waals surface area contributed by atoms with E-state index in [2.05, 4.69) is 16.9 Å². The minimum atomic E-state index is -0.275. The summed E-state index contributed by atoms with van der Waals surface area (Å²) in [5, 5.41) is 0.807. The first kappa shape index (κ1) is 16.5. The van der Waals surface area contributed by atoms with Crippen molar-refractivity contribution in [2.24, 2.45) is 5.92 Å². The number of aryl methyl sites for hydroxylation is 1. The second kappa shape index (κ2) is 6.42. The molecule has 2 aromatic rings. The fourth-order valence-corrected chi connectivity index (χ4v) is 4.10. The standard InChI is InChI=1S/C19H24FN3O2/c1-12-16(17-5-14(20)3-4-18(17)21-12)6-19(24)23-8-13-7-22(2)15(9-23)11-25-10-13/h3-5,13,15,21H,6-11H2,1-2H3/t13-,15+/m1/s1. The van der Waals surface area contributed by atoms with E-state index in [1.165, 1.54) is 12.1 Å². The average molecular weight is 345 g/mol. The number of benzene rings is 1. The van der Waals surface area contributed by atoms with E-state index < -0.39 is 0 Å². The van der Waals surface area contributed by atoms with Crippen LogP contribution in [0.2, 0.25) is 0 Å². The molecule has 3 heterocycles. The topological polar surface area (TPSA) is 48.6 Å². The van der Waals surface area contributed by atoms with Crippen molar-refractivity contribution < 1.29 is 13.9 Å². The van der Waals surface area contributed by atoms with Crippen molar-refractivity contribution in [3.63, 3.8) is 0 Å². The predicted molar refractivity (Wildman–Crippen MR) is 94.0 cm³/mol. The van der Waals surface area contributed by atoms with E-state index in [0.717, 1.165) is 35.2 Å². The number of likely N-dealkylation sites (N-methyl/N-ethyl adjacent to an activating group) is 1. The molecule has 2 saturated heterocycles. The highest BCUT2D eigenvalue weighted by Crippen LogP contribution is 2.25. The third-order valence-corrected chi connectivity index (χ3v) is 5.51. The van der Waals surface area contributed by atoms with E-state index in [1.54, 1.807) is 6.07 Å². The van der Waals surface area contributed by atoms with Crippen LogP contribution in [0.3, 0.4) is 0 Å². The lowest BCUT2D eigenvalue weighted by atomic mass is 10.1. The van der Waals surface area contributed by atoms with E-state index in [-0.39, 0.29) is 17.8 Å². The highest BCUT2D eigenvalue weighted by molar-refractivity contribution is 5.90. The van der Waals surface area contributed by atoms with Gasteiger partial charge in [-0.1, -0.05) is 0 Å². The summed E-state index contributed by atoms with van der Waals surface area (Å²) in [5.74, 6) is 0.187. The number of carbonyl (C=O) groups excluding carboxylic acids is 1. The summed E-state index contributed by atoms with van der Waals surface area (Å²) >= 11 is 0. The van der Waals surface area contributed by atoms with E-state index in [0.29, 0.717) is 32.1 Å². The summed E-state index contributed by atoms with van der Waals surface area (Å²) in [6, 6.07) is 4.93. The van der Waals surface area contributed by atoms with Crippen molar-refractivity contribution in [1.82, 2.24) is 14.8 Å². The number of hydrogen-bond acceptors (Lipinski definition) is 3. The van der Waals surface area contributed by atoms with E-state index in [9.17, 15) is 9.18 Å². The number of halogens is 1. The van der Waals surface area contributed by atoms with Crippen LogP contribution in [0.25, 0.3) is 10.9 Å². The van der Waals surface area contributed by atoms with Crippen LogP contribution < -0.4 is 0 Å². The minimum Gasteiger partial charge on any atom is -0.379 e. The maximum atomic E-state index is 13.6. The first-order valence-electron chi connectivity index (χ1n) is 8.83. The zero-order chi connectivity index (χ0) is 17.6. The van der Waals surface area contributed by atoms with Gasteiger partial charge in [-0.2, -0.15) is 0 Å². The van der Waals surface area contributed by atoms with Gasteiger partial charge in [0.25, 0.3) is 0 Å². The molecule has 1 amide bonds. The third kappa shape index (κ3) is 3.16. The molecule has 1 aromatic carbocycles. The van der Waals surface area contributed by atoms with Crippen LogP contribution >= 0.6 is 0 Å². The molecule has 0 unspecified atom stereocenters. The van der Waals surface area contributed by atoms with Crippen LogP contribution in [-0.2, 0) is 16.0 Å². The number of nitrogens with one attached hydrogen (secondary N) is 1. The molecule has 25 heavy (non-hydrogen) atoms. The number of H-pyrrole nitrogens is 1. The van der Waals surface area contributed by atoms with Crippen LogP contribution in [0.5, 0.6) is 0 Å². The molecule has 0 aliphatic carbocycles. The Morgan fingerprint density at radius 2 is 2.16 bits per heavy atom. The van der Waals surface area contributed by atoms with Gasteiger partial charge in [-0.05, 0) is 37.7 Å². The van der Waals surface area contributed by atoms with Crippen molar-refractivity contribution in [2.75, 3.05) is 39.9 Å². The number of nitrogens with zero attached hydrogens (tertiary/aromatic N) is 2. The Morgan fingerprint density at radius 3 is 3.00 bits per heavy atom. The second-order valence-corrected chi connectivity index (χ2v) is 7.39. The predicted octanol–water partition coefficient (Wildman–Crippen LogP) is 1.95. The lowest BCUT2D eigenvalue weighted by Gasteiger charge is -2.30. The number of carbonyl (C=O) groups is 1. The molecule has 6 heteroatoms. The normalized spacial score (nSPS) is 24.5. The van der Waals surface area contributed by atoms with Crippen molar-refractivity contribution >= 4 is 16.8 Å². The largest absolute Gasteiger partial charge is 0.379 e. The molecule has 0 spiro atoms. The third-order valence-electron chi connectivity index (χ3n) is 5.51. The van der Waals surface area contributed by atoms with Crippen LogP contribution in [0, 0.1) is 18.7 Å². The molecule has 2 bridgehead atoms. The molecule has 5 nitrogen and oxygen atoms in total. The Hall–Kier alpha value is -1.92. The molecular formula is C19H24FN3O2. The van der Waals surface area contributed by atoms with E-state index in [4.69, 9.17) is 4.74 Å².